The first kappa shape index (κ1) is 22.3. The highest BCUT2D eigenvalue weighted by Gasteiger charge is 2.47. The van der Waals surface area contributed by atoms with Gasteiger partial charge < -0.3 is 9.84 Å². The summed E-state index contributed by atoms with van der Waals surface area (Å²) in [7, 11) is 0. The number of nitrogens with zero attached hydrogens (tertiary/aromatic N) is 2. The molecule has 1 atom stereocenters. The molecule has 1 aromatic heterocycles. The highest BCUT2D eigenvalue weighted by Crippen LogP contribution is 2.43. The largest absolute Gasteiger partial charge is 0.507 e. The number of anilines is 1. The Balaban J connectivity index is 1.88. The molecule has 33 heavy (non-hydrogen) atoms. The van der Waals surface area contributed by atoms with Crippen LogP contribution in [0.15, 0.2) is 72.6 Å². The van der Waals surface area contributed by atoms with Crippen LogP contribution in [-0.2, 0) is 9.59 Å². The van der Waals surface area contributed by atoms with Crippen molar-refractivity contribution < 1.29 is 19.4 Å². The van der Waals surface area contributed by atoms with E-state index in [9.17, 15) is 14.7 Å². The van der Waals surface area contributed by atoms with Crippen LogP contribution in [0, 0.1) is 13.8 Å². The molecule has 0 bridgehead atoms. The third-order valence-corrected chi connectivity index (χ3v) is 5.57. The molecule has 0 saturated carbocycles. The molecular formula is C27H26N2O4. The van der Waals surface area contributed by atoms with Gasteiger partial charge in [-0.25, -0.2) is 0 Å². The molecule has 3 aromatic rings. The Bertz CT molecular complexity index is 1230. The van der Waals surface area contributed by atoms with Gasteiger partial charge in [0.05, 0.1) is 17.7 Å². The number of ketones is 1. The Morgan fingerprint density at radius 3 is 2.42 bits per heavy atom. The zero-order chi connectivity index (χ0) is 23.7. The van der Waals surface area contributed by atoms with E-state index in [0.717, 1.165) is 11.1 Å². The van der Waals surface area contributed by atoms with Crippen LogP contribution >= 0.6 is 0 Å². The molecule has 0 spiro atoms. The monoisotopic (exact) mass is 442 g/mol. The Morgan fingerprint density at radius 2 is 1.79 bits per heavy atom. The molecule has 4 rings (SSSR count). The van der Waals surface area contributed by atoms with Crippen LogP contribution in [0.2, 0.25) is 0 Å². The number of pyridine rings is 1. The Hall–Kier alpha value is -3.93. The van der Waals surface area contributed by atoms with Crippen LogP contribution in [0.4, 0.5) is 5.69 Å². The zero-order valence-electron chi connectivity index (χ0n) is 19.1. The Kier molecular flexibility index (Phi) is 6.01. The number of aliphatic hydroxyl groups is 1. The molecule has 2 aromatic carbocycles. The predicted octanol–water partition coefficient (Wildman–Crippen LogP) is 5.11. The number of amides is 1. The zero-order valence-corrected chi connectivity index (χ0v) is 19.1. The minimum atomic E-state index is -0.800. The molecule has 1 aliphatic heterocycles. The molecule has 1 N–H and O–H groups in total. The number of hydrogen-bond donors (Lipinski definition) is 1. The van der Waals surface area contributed by atoms with Crippen molar-refractivity contribution in [3.63, 3.8) is 0 Å². The second-order valence-corrected chi connectivity index (χ2v) is 8.44. The number of benzene rings is 2. The first-order valence-corrected chi connectivity index (χ1v) is 10.8. The summed E-state index contributed by atoms with van der Waals surface area (Å²) in [4.78, 5) is 32.2. The Labute approximate surface area is 193 Å². The second kappa shape index (κ2) is 8.90. The lowest BCUT2D eigenvalue weighted by Gasteiger charge is -2.27. The van der Waals surface area contributed by atoms with Crippen molar-refractivity contribution in [2.24, 2.45) is 0 Å². The minimum absolute atomic E-state index is 0.0120. The SMILES string of the molecule is Cc1ccc(C)c(N2C(=O)C(=O)/C(=C(/O)c3ccc(OC(C)C)cc3)C2c2cccnc2)c1. The first-order chi connectivity index (χ1) is 15.8. The van der Waals surface area contributed by atoms with Crippen LogP contribution < -0.4 is 9.64 Å². The van der Waals surface area contributed by atoms with Crippen LogP contribution in [0.25, 0.3) is 5.76 Å². The van der Waals surface area contributed by atoms with Crippen LogP contribution in [0.1, 0.15) is 42.1 Å². The number of aliphatic hydroxyl groups excluding tert-OH is 1. The molecule has 0 aliphatic carbocycles. The molecular weight excluding hydrogens is 416 g/mol. The van der Waals surface area contributed by atoms with Crippen molar-refractivity contribution >= 4 is 23.1 Å². The van der Waals surface area contributed by atoms with Crippen molar-refractivity contribution in [1.29, 1.82) is 0 Å². The molecule has 6 nitrogen and oxygen atoms in total. The highest BCUT2D eigenvalue weighted by molar-refractivity contribution is 6.51. The van der Waals surface area contributed by atoms with E-state index in [-0.39, 0.29) is 17.4 Å². The fourth-order valence-electron chi connectivity index (χ4n) is 4.03. The summed E-state index contributed by atoms with van der Waals surface area (Å²) in [5.74, 6) is -0.990. The molecule has 1 amide bonds. The topological polar surface area (TPSA) is 79.7 Å². The van der Waals surface area contributed by atoms with Gasteiger partial charge in [-0.3, -0.25) is 19.5 Å². The number of ether oxygens (including phenoxy) is 1. The van der Waals surface area contributed by atoms with Crippen molar-refractivity contribution in [2.45, 2.75) is 39.8 Å². The average molecular weight is 443 g/mol. The highest BCUT2D eigenvalue weighted by atomic mass is 16.5. The number of aromatic nitrogens is 1. The van der Waals surface area contributed by atoms with Crippen LogP contribution in [-0.4, -0.2) is 27.9 Å². The molecule has 1 aliphatic rings. The fraction of sp³-hybridized carbons (Fsp3) is 0.222. The molecule has 2 heterocycles. The van der Waals surface area contributed by atoms with Gasteiger partial charge in [-0.1, -0.05) is 18.2 Å². The van der Waals surface area contributed by atoms with Gasteiger partial charge in [-0.2, -0.15) is 0 Å². The normalized spacial score (nSPS) is 17.6. The fourth-order valence-corrected chi connectivity index (χ4v) is 4.03. The average Bonchev–Trinajstić information content (AvgIpc) is 3.06. The maximum Gasteiger partial charge on any atom is 0.300 e. The number of Topliss-reactive ketones (excluding diaryl/α,β-unsaturated/α-hetero) is 1. The van der Waals surface area contributed by atoms with Gasteiger partial charge in [-0.05, 0) is 80.8 Å². The summed E-state index contributed by atoms with van der Waals surface area (Å²) in [6.45, 7) is 7.67. The second-order valence-electron chi connectivity index (χ2n) is 8.44. The van der Waals surface area contributed by atoms with Gasteiger partial charge >= 0.3 is 0 Å². The van der Waals surface area contributed by atoms with Crippen LogP contribution in [0.3, 0.4) is 0 Å². The maximum atomic E-state index is 13.3. The van der Waals surface area contributed by atoms with Crippen molar-refractivity contribution in [1.82, 2.24) is 4.98 Å². The quantitative estimate of drug-likeness (QED) is 0.337. The van der Waals surface area contributed by atoms with Crippen molar-refractivity contribution in [3.8, 4) is 5.75 Å². The van der Waals surface area contributed by atoms with E-state index in [1.807, 2.05) is 45.9 Å². The summed E-state index contributed by atoms with van der Waals surface area (Å²) in [5.41, 5.74) is 3.55. The van der Waals surface area contributed by atoms with E-state index in [4.69, 9.17) is 4.74 Å². The van der Waals surface area contributed by atoms with E-state index in [2.05, 4.69) is 4.98 Å². The van der Waals surface area contributed by atoms with E-state index < -0.39 is 17.7 Å². The lowest BCUT2D eigenvalue weighted by atomic mass is 9.96. The van der Waals surface area contributed by atoms with Crippen LogP contribution in [0.5, 0.6) is 5.75 Å². The standard InChI is InChI=1S/C27H26N2O4/c1-16(2)33-21-11-9-19(10-12-21)25(30)23-24(20-6-5-13-28-15-20)29(27(32)26(23)31)22-14-17(3)7-8-18(22)4/h5-16,24,30H,1-4H3/b25-23+. The maximum absolute atomic E-state index is 13.3. The lowest BCUT2D eigenvalue weighted by Crippen LogP contribution is -2.30. The number of aryl methyl sites for hydroxylation is 2. The van der Waals surface area contributed by atoms with Crippen molar-refractivity contribution in [2.75, 3.05) is 4.90 Å². The number of carbonyl (C=O) groups excluding carboxylic acids is 2. The third kappa shape index (κ3) is 4.24. The van der Waals surface area contributed by atoms with Gasteiger partial charge in [0.1, 0.15) is 11.5 Å². The molecule has 1 saturated heterocycles. The summed E-state index contributed by atoms with van der Waals surface area (Å²) in [5, 5.41) is 11.2. The smallest absolute Gasteiger partial charge is 0.300 e. The van der Waals surface area contributed by atoms with E-state index in [1.165, 1.54) is 4.90 Å². The first-order valence-electron chi connectivity index (χ1n) is 10.8. The molecule has 168 valence electrons. The molecule has 1 unspecified atom stereocenters. The predicted molar refractivity (Wildman–Crippen MR) is 127 cm³/mol. The number of hydrogen-bond acceptors (Lipinski definition) is 5. The van der Waals surface area contributed by atoms with Gasteiger partial charge in [0, 0.05) is 23.6 Å². The molecule has 6 heteroatoms. The lowest BCUT2D eigenvalue weighted by molar-refractivity contribution is -0.132. The van der Waals surface area contributed by atoms with Gasteiger partial charge in [0.15, 0.2) is 0 Å². The number of rotatable bonds is 5. The van der Waals surface area contributed by atoms with E-state index >= 15 is 0 Å². The van der Waals surface area contributed by atoms with Crippen molar-refractivity contribution in [3.05, 3.63) is 94.8 Å². The van der Waals surface area contributed by atoms with E-state index in [1.54, 1.807) is 48.8 Å². The third-order valence-electron chi connectivity index (χ3n) is 5.57. The summed E-state index contributed by atoms with van der Waals surface area (Å²) in [6, 6.07) is 15.3. The van der Waals surface area contributed by atoms with Gasteiger partial charge in [0.25, 0.3) is 11.7 Å². The Morgan fingerprint density at radius 1 is 1.06 bits per heavy atom. The minimum Gasteiger partial charge on any atom is -0.507 e. The van der Waals surface area contributed by atoms with Gasteiger partial charge in [-0.15, -0.1) is 0 Å². The van der Waals surface area contributed by atoms with Gasteiger partial charge in [0.2, 0.25) is 0 Å². The summed E-state index contributed by atoms with van der Waals surface area (Å²) >= 11 is 0. The molecule has 0 radical (unpaired) electrons. The summed E-state index contributed by atoms with van der Waals surface area (Å²) in [6.07, 6.45) is 3.25. The number of carbonyl (C=O) groups is 2. The molecule has 1 fully saturated rings. The summed E-state index contributed by atoms with van der Waals surface area (Å²) < 4.78 is 5.67. The van der Waals surface area contributed by atoms with E-state index in [0.29, 0.717) is 22.6 Å².